The first kappa shape index (κ1) is 36.8. The molecule has 0 amide bonds. The van der Waals surface area contributed by atoms with Crippen LogP contribution in [0, 0.1) is 0 Å². The van der Waals surface area contributed by atoms with E-state index in [1.54, 1.807) is 0 Å². The summed E-state index contributed by atoms with van der Waals surface area (Å²) in [6, 6.07) is 89.0. The second-order valence-electron chi connectivity index (χ2n) is 15.7. The molecule has 1 aromatic heterocycles. The van der Waals surface area contributed by atoms with Crippen molar-refractivity contribution in [2.24, 2.45) is 0 Å². The predicted molar refractivity (Wildman–Crippen MR) is 261 cm³/mol. The van der Waals surface area contributed by atoms with Crippen LogP contribution in [0.2, 0.25) is 0 Å². The lowest BCUT2D eigenvalue weighted by Gasteiger charge is -2.26. The molecule has 0 fully saturated rings. The molecule has 0 aliphatic carbocycles. The fourth-order valence-electron chi connectivity index (χ4n) is 8.80. The van der Waals surface area contributed by atoms with Crippen LogP contribution in [0.4, 0.5) is 17.1 Å². The van der Waals surface area contributed by atoms with Crippen LogP contribution in [0.1, 0.15) is 0 Å². The van der Waals surface area contributed by atoms with E-state index in [1.165, 1.54) is 61.2 Å². The van der Waals surface area contributed by atoms with Gasteiger partial charge in [0.1, 0.15) is 11.2 Å². The Bertz CT molecular complexity index is 3170. The van der Waals surface area contributed by atoms with Gasteiger partial charge in [0.15, 0.2) is 0 Å². The van der Waals surface area contributed by atoms with Crippen LogP contribution in [-0.4, -0.2) is 0 Å². The number of para-hydroxylation sites is 1. The maximum atomic E-state index is 6.09. The van der Waals surface area contributed by atoms with Crippen molar-refractivity contribution in [3.63, 3.8) is 0 Å². The Hall–Kier alpha value is -8.20. The van der Waals surface area contributed by atoms with Gasteiger partial charge in [0.05, 0.1) is 0 Å². The van der Waals surface area contributed by atoms with Crippen molar-refractivity contribution in [3.05, 3.63) is 249 Å². The SMILES string of the molecule is c1ccc(-c2ccccc2-c2ccc(N(c3ccc(-c4ccc(-c5ccc6oc7ccccc7c6c5)cc4)cc3)c3ccc(-c4ccccc4-c4ccccc4)cc3)cc2)cc1. The number of nitrogens with zero attached hydrogens (tertiary/aromatic N) is 1. The van der Waals surface area contributed by atoms with Crippen molar-refractivity contribution in [3.8, 4) is 66.8 Å². The summed E-state index contributed by atoms with van der Waals surface area (Å²) in [5, 5.41) is 2.28. The van der Waals surface area contributed by atoms with E-state index in [2.05, 4.69) is 241 Å². The Kier molecular flexibility index (Phi) is 9.57. The maximum Gasteiger partial charge on any atom is 0.135 e. The van der Waals surface area contributed by atoms with Crippen LogP contribution in [0.5, 0.6) is 0 Å². The largest absolute Gasteiger partial charge is 0.456 e. The molecule has 11 rings (SSSR count). The molecule has 292 valence electrons. The van der Waals surface area contributed by atoms with Crippen molar-refractivity contribution in [2.45, 2.75) is 0 Å². The molecule has 11 aromatic rings. The Morgan fingerprint density at radius 1 is 0.226 bits per heavy atom. The Morgan fingerprint density at radius 2 is 0.548 bits per heavy atom. The van der Waals surface area contributed by atoms with Gasteiger partial charge in [-0.25, -0.2) is 0 Å². The predicted octanol–water partition coefficient (Wildman–Crippen LogP) is 17.1. The quantitative estimate of drug-likeness (QED) is 0.145. The highest BCUT2D eigenvalue weighted by Crippen LogP contribution is 2.41. The van der Waals surface area contributed by atoms with E-state index in [9.17, 15) is 0 Å². The molecule has 1 heterocycles. The second kappa shape index (κ2) is 16.1. The van der Waals surface area contributed by atoms with Crippen molar-refractivity contribution in [2.75, 3.05) is 4.90 Å². The highest BCUT2D eigenvalue weighted by atomic mass is 16.3. The van der Waals surface area contributed by atoms with Gasteiger partial charge < -0.3 is 9.32 Å². The van der Waals surface area contributed by atoms with Gasteiger partial charge in [0.25, 0.3) is 0 Å². The minimum atomic E-state index is 0.911. The van der Waals surface area contributed by atoms with Gasteiger partial charge >= 0.3 is 0 Å². The molecule has 62 heavy (non-hydrogen) atoms. The lowest BCUT2D eigenvalue weighted by Crippen LogP contribution is -2.09. The molecule has 0 bridgehead atoms. The number of hydrogen-bond acceptors (Lipinski definition) is 2. The zero-order chi connectivity index (χ0) is 41.2. The number of hydrogen-bond donors (Lipinski definition) is 0. The molecule has 0 atom stereocenters. The van der Waals surface area contributed by atoms with Crippen molar-refractivity contribution >= 4 is 39.0 Å². The van der Waals surface area contributed by atoms with Crippen LogP contribution in [0.25, 0.3) is 88.7 Å². The number of fused-ring (bicyclic) bond motifs is 3. The minimum Gasteiger partial charge on any atom is -0.456 e. The number of furan rings is 1. The van der Waals surface area contributed by atoms with Crippen LogP contribution in [0.15, 0.2) is 253 Å². The smallest absolute Gasteiger partial charge is 0.135 e. The number of benzene rings is 10. The Morgan fingerprint density at radius 3 is 1.02 bits per heavy atom. The maximum absolute atomic E-state index is 6.09. The van der Waals surface area contributed by atoms with E-state index in [4.69, 9.17) is 4.42 Å². The molecular weight excluding hydrogens is 751 g/mol. The first-order chi connectivity index (χ1) is 30.7. The molecule has 0 aliphatic heterocycles. The monoisotopic (exact) mass is 791 g/mol. The van der Waals surface area contributed by atoms with Crippen molar-refractivity contribution in [1.29, 1.82) is 0 Å². The third kappa shape index (κ3) is 7.04. The van der Waals surface area contributed by atoms with Gasteiger partial charge in [-0.05, 0) is 121 Å². The molecule has 0 saturated carbocycles. The molecule has 2 heteroatoms. The van der Waals surface area contributed by atoms with Crippen LogP contribution in [0.3, 0.4) is 0 Å². The average Bonchev–Trinajstić information content (AvgIpc) is 3.73. The van der Waals surface area contributed by atoms with Gasteiger partial charge in [-0.1, -0.05) is 194 Å². The van der Waals surface area contributed by atoms with Crippen LogP contribution in [-0.2, 0) is 0 Å². The van der Waals surface area contributed by atoms with Gasteiger partial charge in [-0.3, -0.25) is 0 Å². The highest BCUT2D eigenvalue weighted by molar-refractivity contribution is 6.06. The third-order valence-electron chi connectivity index (χ3n) is 12.0. The topological polar surface area (TPSA) is 16.4 Å². The Labute approximate surface area is 362 Å². The van der Waals surface area contributed by atoms with Crippen molar-refractivity contribution < 1.29 is 4.42 Å². The van der Waals surface area contributed by atoms with E-state index in [0.29, 0.717) is 0 Å². The fourth-order valence-corrected chi connectivity index (χ4v) is 8.80. The van der Waals surface area contributed by atoms with E-state index in [-0.39, 0.29) is 0 Å². The van der Waals surface area contributed by atoms with Gasteiger partial charge in [0, 0.05) is 27.8 Å². The molecule has 2 nitrogen and oxygen atoms in total. The molecule has 0 N–H and O–H groups in total. The lowest BCUT2D eigenvalue weighted by atomic mass is 9.94. The fraction of sp³-hybridized carbons (Fsp3) is 0. The highest BCUT2D eigenvalue weighted by Gasteiger charge is 2.16. The second-order valence-corrected chi connectivity index (χ2v) is 15.7. The van der Waals surface area contributed by atoms with Crippen LogP contribution >= 0.6 is 0 Å². The molecule has 10 aromatic carbocycles. The average molecular weight is 792 g/mol. The zero-order valence-electron chi connectivity index (χ0n) is 34.0. The van der Waals surface area contributed by atoms with Crippen LogP contribution < -0.4 is 4.90 Å². The third-order valence-corrected chi connectivity index (χ3v) is 12.0. The summed E-state index contributed by atoms with van der Waals surface area (Å²) in [7, 11) is 0. The molecule has 0 unspecified atom stereocenters. The van der Waals surface area contributed by atoms with E-state index in [1.807, 2.05) is 12.1 Å². The molecular formula is C60H41NO. The molecule has 0 radical (unpaired) electrons. The van der Waals surface area contributed by atoms with Crippen molar-refractivity contribution in [1.82, 2.24) is 0 Å². The lowest BCUT2D eigenvalue weighted by molar-refractivity contribution is 0.669. The summed E-state index contributed by atoms with van der Waals surface area (Å²) in [5.41, 5.74) is 19.4. The van der Waals surface area contributed by atoms with Gasteiger partial charge in [-0.2, -0.15) is 0 Å². The Balaban J connectivity index is 0.931. The molecule has 0 aliphatic rings. The minimum absolute atomic E-state index is 0.911. The first-order valence-corrected chi connectivity index (χ1v) is 21.2. The summed E-state index contributed by atoms with van der Waals surface area (Å²) < 4.78 is 6.09. The summed E-state index contributed by atoms with van der Waals surface area (Å²) >= 11 is 0. The summed E-state index contributed by atoms with van der Waals surface area (Å²) in [4.78, 5) is 2.35. The standard InChI is InChI=1S/C60H41NO/c1-3-13-45(14-4-1)53-17-7-9-19-55(53)47-29-36-51(37-30-47)61(52-38-31-48(32-39-52)56-20-10-8-18-54(56)46-15-5-2-6-16-46)50-34-27-43(28-35-50)42-23-25-44(26-24-42)49-33-40-60-58(41-49)57-21-11-12-22-59(57)62-60/h1-41H. The molecule has 0 saturated heterocycles. The van der Waals surface area contributed by atoms with Gasteiger partial charge in [0.2, 0.25) is 0 Å². The van der Waals surface area contributed by atoms with E-state index >= 15 is 0 Å². The van der Waals surface area contributed by atoms with E-state index < -0.39 is 0 Å². The van der Waals surface area contributed by atoms with E-state index in [0.717, 1.165) is 44.6 Å². The first-order valence-electron chi connectivity index (χ1n) is 21.2. The summed E-state index contributed by atoms with van der Waals surface area (Å²) in [6.07, 6.45) is 0. The van der Waals surface area contributed by atoms with Gasteiger partial charge in [-0.15, -0.1) is 0 Å². The zero-order valence-corrected chi connectivity index (χ0v) is 34.0. The summed E-state index contributed by atoms with van der Waals surface area (Å²) in [6.45, 7) is 0. The molecule has 0 spiro atoms. The number of rotatable bonds is 9. The normalized spacial score (nSPS) is 11.2. The summed E-state index contributed by atoms with van der Waals surface area (Å²) in [5.74, 6) is 0. The number of anilines is 3.